The molecule has 15 rings (SSSR count). The highest BCUT2D eigenvalue weighted by Gasteiger charge is 2.37. The van der Waals surface area contributed by atoms with Crippen LogP contribution in [0.25, 0.3) is 133 Å². The van der Waals surface area contributed by atoms with Gasteiger partial charge in [0, 0.05) is 59.9 Å². The molecule has 0 fully saturated rings. The molecule has 0 amide bonds. The van der Waals surface area contributed by atoms with Crippen molar-refractivity contribution in [2.45, 2.75) is 19.3 Å². The van der Waals surface area contributed by atoms with Crippen LogP contribution in [0.5, 0.6) is 0 Å². The molecule has 10 aromatic carbocycles. The Morgan fingerprint density at radius 2 is 1.04 bits per heavy atom. The summed E-state index contributed by atoms with van der Waals surface area (Å²) in [4.78, 5) is 10.5. The predicted octanol–water partition coefficient (Wildman–Crippen LogP) is 17.0. The molecule has 0 atom stereocenters. The lowest BCUT2D eigenvalue weighted by Crippen LogP contribution is -2.14. The molecule has 14 aromatic rings. The summed E-state index contributed by atoms with van der Waals surface area (Å²) in [5.74, 6) is 0.646. The fourth-order valence-corrected chi connectivity index (χ4v) is 11.9. The van der Waals surface area contributed by atoms with Gasteiger partial charge < -0.3 is 8.98 Å². The zero-order valence-electron chi connectivity index (χ0n) is 38.5. The Hall–Kier alpha value is -9.06. The van der Waals surface area contributed by atoms with Crippen LogP contribution in [0.1, 0.15) is 25.0 Å². The minimum Gasteiger partial charge on any atom is -0.456 e. The van der Waals surface area contributed by atoms with Crippen LogP contribution in [-0.2, 0) is 5.41 Å². The molecule has 1 aliphatic carbocycles. The molecule has 4 aromatic heterocycles. The average Bonchev–Trinajstić information content (AvgIpc) is 4.13. The van der Waals surface area contributed by atoms with Crippen molar-refractivity contribution in [2.75, 3.05) is 0 Å². The number of rotatable bonds is 5. The van der Waals surface area contributed by atoms with Gasteiger partial charge in [0.05, 0.1) is 33.3 Å². The summed E-state index contributed by atoms with van der Waals surface area (Å²) >= 11 is 0. The van der Waals surface area contributed by atoms with Crippen molar-refractivity contribution >= 4 is 76.5 Å². The van der Waals surface area contributed by atoms with Crippen molar-refractivity contribution < 1.29 is 4.42 Å². The Morgan fingerprint density at radius 1 is 0.400 bits per heavy atom. The highest BCUT2D eigenvalue weighted by atomic mass is 16.3. The van der Waals surface area contributed by atoms with E-state index in [1.54, 1.807) is 0 Å². The monoisotopic (exact) mass is 894 g/mol. The van der Waals surface area contributed by atoms with Crippen molar-refractivity contribution in [1.29, 1.82) is 0 Å². The normalized spacial score (nSPS) is 13.1. The smallest absolute Gasteiger partial charge is 0.235 e. The summed E-state index contributed by atoms with van der Waals surface area (Å²) in [6.45, 7) is 4.72. The molecule has 70 heavy (non-hydrogen) atoms. The van der Waals surface area contributed by atoms with E-state index in [0.717, 1.165) is 93.8 Å². The lowest BCUT2D eigenvalue weighted by Gasteiger charge is -2.21. The summed E-state index contributed by atoms with van der Waals surface area (Å²) in [5, 5.41) is 7.99. The van der Waals surface area contributed by atoms with Crippen LogP contribution in [0.4, 0.5) is 0 Å². The van der Waals surface area contributed by atoms with Crippen LogP contribution in [0.3, 0.4) is 0 Å². The molecule has 0 spiro atoms. The minimum atomic E-state index is -0.102. The Balaban J connectivity index is 0.897. The molecule has 5 nitrogen and oxygen atoms in total. The van der Waals surface area contributed by atoms with Crippen LogP contribution in [0.15, 0.2) is 223 Å². The molecule has 4 heterocycles. The van der Waals surface area contributed by atoms with Gasteiger partial charge in [-0.05, 0) is 106 Å². The van der Waals surface area contributed by atoms with Crippen molar-refractivity contribution in [3.05, 3.63) is 230 Å². The lowest BCUT2D eigenvalue weighted by molar-refractivity contribution is 0.661. The fraction of sp³-hybridized carbons (Fsp3) is 0.0462. The third kappa shape index (κ3) is 5.48. The van der Waals surface area contributed by atoms with Crippen molar-refractivity contribution in [2.24, 2.45) is 0 Å². The van der Waals surface area contributed by atoms with Crippen LogP contribution >= 0.6 is 0 Å². The Bertz CT molecular complexity index is 4500. The fourth-order valence-electron chi connectivity index (χ4n) is 11.9. The van der Waals surface area contributed by atoms with E-state index in [1.165, 1.54) is 44.1 Å². The number of hydrogen-bond donors (Lipinski definition) is 0. The lowest BCUT2D eigenvalue weighted by atomic mass is 9.82. The summed E-state index contributed by atoms with van der Waals surface area (Å²) in [5.41, 5.74) is 20.2. The zero-order valence-corrected chi connectivity index (χ0v) is 38.5. The summed E-state index contributed by atoms with van der Waals surface area (Å²) in [6, 6.07) is 78.7. The molecule has 1 aliphatic rings. The maximum Gasteiger partial charge on any atom is 0.235 e. The first-order valence-corrected chi connectivity index (χ1v) is 24.1. The van der Waals surface area contributed by atoms with Crippen LogP contribution < -0.4 is 0 Å². The number of furan rings is 1. The first kappa shape index (κ1) is 39.0. The Labute approximate surface area is 403 Å². The zero-order chi connectivity index (χ0) is 46.2. The van der Waals surface area contributed by atoms with Gasteiger partial charge in [0.1, 0.15) is 11.2 Å². The van der Waals surface area contributed by atoms with E-state index in [2.05, 4.69) is 229 Å². The molecule has 0 radical (unpaired) electrons. The van der Waals surface area contributed by atoms with Crippen molar-refractivity contribution in [3.8, 4) is 56.3 Å². The third-order valence-corrected chi connectivity index (χ3v) is 15.1. The molecule has 0 aliphatic heterocycles. The second kappa shape index (κ2) is 14.5. The predicted molar refractivity (Wildman–Crippen MR) is 289 cm³/mol. The van der Waals surface area contributed by atoms with Gasteiger partial charge in [-0.15, -0.1) is 0 Å². The molecule has 0 N–H and O–H groups in total. The maximum absolute atomic E-state index is 6.65. The molecule has 0 bridgehead atoms. The summed E-state index contributed by atoms with van der Waals surface area (Å²) in [7, 11) is 0. The standard InChI is InChI=1S/C65H42N4O/c1-65(2)52-24-12-9-21-47(52)61-53(65)32-31-46-50-36-40(28-33-56(50)68(63(46)61)43-18-7-4-8-19-43)41-30-35-58-51(37-41)60-44(23-15-27-59(60)70-58)42-29-34-57-49(38-42)45-20-11-14-26-55(45)69(57)64-66-54-25-13-10-22-48(54)62(67-64)39-16-5-3-6-17-39/h3-38H,1-2H3. The van der Waals surface area contributed by atoms with Crippen molar-refractivity contribution in [3.63, 3.8) is 0 Å². The molecular formula is C65H42N4O. The quantitative estimate of drug-likeness (QED) is 0.173. The van der Waals surface area contributed by atoms with E-state index in [0.29, 0.717) is 5.95 Å². The topological polar surface area (TPSA) is 48.8 Å². The first-order valence-electron chi connectivity index (χ1n) is 24.1. The molecule has 0 unspecified atom stereocenters. The van der Waals surface area contributed by atoms with Crippen LogP contribution in [0, 0.1) is 0 Å². The summed E-state index contributed by atoms with van der Waals surface area (Å²) in [6.07, 6.45) is 0. The second-order valence-electron chi connectivity index (χ2n) is 19.3. The molecule has 0 saturated heterocycles. The molecular weight excluding hydrogens is 853 g/mol. The van der Waals surface area contributed by atoms with Gasteiger partial charge in [-0.3, -0.25) is 4.57 Å². The minimum absolute atomic E-state index is 0.102. The van der Waals surface area contributed by atoms with E-state index in [9.17, 15) is 0 Å². The largest absolute Gasteiger partial charge is 0.456 e. The maximum atomic E-state index is 6.65. The van der Waals surface area contributed by atoms with Crippen LogP contribution in [0.2, 0.25) is 0 Å². The summed E-state index contributed by atoms with van der Waals surface area (Å²) < 4.78 is 11.4. The van der Waals surface area contributed by atoms with Gasteiger partial charge in [0.2, 0.25) is 5.95 Å². The van der Waals surface area contributed by atoms with E-state index in [-0.39, 0.29) is 5.41 Å². The van der Waals surface area contributed by atoms with Gasteiger partial charge in [0.15, 0.2) is 0 Å². The van der Waals surface area contributed by atoms with E-state index >= 15 is 0 Å². The average molecular weight is 895 g/mol. The first-order chi connectivity index (χ1) is 34.5. The number of nitrogens with zero attached hydrogens (tertiary/aromatic N) is 4. The number of hydrogen-bond acceptors (Lipinski definition) is 3. The highest BCUT2D eigenvalue weighted by Crippen LogP contribution is 2.53. The van der Waals surface area contributed by atoms with E-state index in [1.807, 2.05) is 12.1 Å². The number of aromatic nitrogens is 4. The number of para-hydroxylation sites is 3. The third-order valence-electron chi connectivity index (χ3n) is 15.1. The molecule has 0 saturated carbocycles. The number of fused-ring (bicyclic) bond motifs is 14. The SMILES string of the molecule is CC1(C)c2ccccc2-c2c1ccc1c3cc(-c4ccc5oc6cccc(-c7ccc8c(c7)c7ccccc7n8-c7nc(-c8ccccc8)c8ccccc8n7)c6c5c4)ccc3n(-c3ccccc3)c21. The second-order valence-corrected chi connectivity index (χ2v) is 19.3. The Kier molecular flexibility index (Phi) is 8.06. The molecule has 5 heteroatoms. The number of benzene rings is 10. The molecule has 328 valence electrons. The van der Waals surface area contributed by atoms with Gasteiger partial charge in [-0.25, -0.2) is 9.97 Å². The van der Waals surface area contributed by atoms with Crippen LogP contribution in [-0.4, -0.2) is 19.1 Å². The van der Waals surface area contributed by atoms with Gasteiger partial charge in [0.25, 0.3) is 0 Å². The Morgan fingerprint density at radius 3 is 1.90 bits per heavy atom. The van der Waals surface area contributed by atoms with Gasteiger partial charge in [-0.2, -0.15) is 0 Å². The van der Waals surface area contributed by atoms with Gasteiger partial charge >= 0.3 is 0 Å². The highest BCUT2D eigenvalue weighted by molar-refractivity contribution is 6.18. The van der Waals surface area contributed by atoms with E-state index < -0.39 is 0 Å². The van der Waals surface area contributed by atoms with Gasteiger partial charge in [-0.1, -0.05) is 166 Å². The van der Waals surface area contributed by atoms with E-state index in [4.69, 9.17) is 14.4 Å². The van der Waals surface area contributed by atoms with Crippen molar-refractivity contribution in [1.82, 2.24) is 19.1 Å².